The largest absolute Gasteiger partial charge is 0.389 e. The zero-order valence-electron chi connectivity index (χ0n) is 8.77. The van der Waals surface area contributed by atoms with Gasteiger partial charge in [0.15, 0.2) is 0 Å². The van der Waals surface area contributed by atoms with Gasteiger partial charge in [0.2, 0.25) is 0 Å². The van der Waals surface area contributed by atoms with E-state index in [0.717, 1.165) is 6.07 Å². The summed E-state index contributed by atoms with van der Waals surface area (Å²) >= 11 is 3.11. The fourth-order valence-corrected chi connectivity index (χ4v) is 1.93. The van der Waals surface area contributed by atoms with E-state index in [1.165, 1.54) is 12.1 Å². The molecule has 0 amide bonds. The van der Waals surface area contributed by atoms with Crippen molar-refractivity contribution in [1.82, 2.24) is 0 Å². The summed E-state index contributed by atoms with van der Waals surface area (Å²) in [7, 11) is 0. The van der Waals surface area contributed by atoms with E-state index < -0.39 is 24.5 Å². The molecule has 1 aromatic rings. The van der Waals surface area contributed by atoms with Gasteiger partial charge >= 0.3 is 6.18 Å². The molecule has 17 heavy (non-hydrogen) atoms. The zero-order chi connectivity index (χ0) is 13.1. The first-order valence-corrected chi connectivity index (χ1v) is 5.78. The molecule has 0 saturated heterocycles. The Morgan fingerprint density at radius 1 is 1.29 bits per heavy atom. The second-order valence-electron chi connectivity index (χ2n) is 3.69. The van der Waals surface area contributed by atoms with Gasteiger partial charge in [0.05, 0.1) is 6.10 Å². The van der Waals surface area contributed by atoms with Crippen LogP contribution in [-0.4, -0.2) is 11.3 Å². The average Bonchev–Trinajstić information content (AvgIpc) is 2.19. The lowest BCUT2D eigenvalue weighted by molar-refractivity contribution is -0.136. The van der Waals surface area contributed by atoms with Crippen LogP contribution in [0.4, 0.5) is 17.6 Å². The van der Waals surface area contributed by atoms with Crippen LogP contribution < -0.4 is 0 Å². The predicted octanol–water partition coefficient (Wildman–Crippen LogP) is 4.35. The fraction of sp³-hybridized carbons (Fsp3) is 0.455. The first kappa shape index (κ1) is 14.4. The highest BCUT2D eigenvalue weighted by atomic mass is 79.9. The second kappa shape index (κ2) is 5.82. The summed E-state index contributed by atoms with van der Waals surface area (Å²) in [6.45, 7) is 0. The quantitative estimate of drug-likeness (QED) is 0.819. The molecule has 0 heterocycles. The Hall–Kier alpha value is -0.620. The molecule has 0 bridgehead atoms. The van der Waals surface area contributed by atoms with Crippen LogP contribution in [0.15, 0.2) is 22.7 Å². The Bertz CT molecular complexity index is 378. The van der Waals surface area contributed by atoms with E-state index in [-0.39, 0.29) is 18.4 Å². The maximum atomic E-state index is 12.9. The van der Waals surface area contributed by atoms with E-state index in [1.54, 1.807) is 0 Å². The highest BCUT2D eigenvalue weighted by Gasteiger charge is 2.26. The molecule has 1 atom stereocenters. The van der Waals surface area contributed by atoms with Gasteiger partial charge in [0, 0.05) is 10.9 Å². The lowest BCUT2D eigenvalue weighted by Gasteiger charge is -2.13. The van der Waals surface area contributed by atoms with Crippen molar-refractivity contribution in [3.63, 3.8) is 0 Å². The molecule has 1 rings (SSSR count). The third kappa shape index (κ3) is 5.04. The molecule has 0 spiro atoms. The van der Waals surface area contributed by atoms with E-state index in [9.17, 15) is 22.7 Å². The van der Waals surface area contributed by atoms with Crippen molar-refractivity contribution in [1.29, 1.82) is 0 Å². The third-order valence-corrected chi connectivity index (χ3v) is 2.98. The summed E-state index contributed by atoms with van der Waals surface area (Å²) in [6, 6.07) is 3.73. The van der Waals surface area contributed by atoms with Crippen LogP contribution in [0.25, 0.3) is 0 Å². The summed E-state index contributed by atoms with van der Waals surface area (Å²) in [5.41, 5.74) is 0.271. The van der Waals surface area contributed by atoms with E-state index >= 15 is 0 Å². The van der Waals surface area contributed by atoms with Crippen molar-refractivity contribution in [2.75, 3.05) is 0 Å². The smallest absolute Gasteiger partial charge is 0.388 e. The van der Waals surface area contributed by atoms with Crippen LogP contribution in [0.5, 0.6) is 0 Å². The van der Waals surface area contributed by atoms with Gasteiger partial charge in [0.25, 0.3) is 0 Å². The molecular formula is C11H11BrF4O. The first-order chi connectivity index (χ1) is 7.79. The molecular weight excluding hydrogens is 304 g/mol. The van der Waals surface area contributed by atoms with Crippen LogP contribution >= 0.6 is 15.9 Å². The minimum atomic E-state index is -4.22. The standard InChI is InChI=1S/C11H11BrF4O/c12-9-4-3-7(13)6-8(9)10(17)2-1-5-11(14,15)16/h3-4,6,10,17H,1-2,5H2. The Morgan fingerprint density at radius 3 is 2.53 bits per heavy atom. The molecule has 1 aromatic carbocycles. The molecule has 1 N–H and O–H groups in total. The highest BCUT2D eigenvalue weighted by Crippen LogP contribution is 2.30. The molecule has 96 valence electrons. The van der Waals surface area contributed by atoms with Gasteiger partial charge < -0.3 is 5.11 Å². The molecule has 0 saturated carbocycles. The van der Waals surface area contributed by atoms with E-state index in [0.29, 0.717) is 4.47 Å². The predicted molar refractivity (Wildman–Crippen MR) is 59.0 cm³/mol. The number of rotatable bonds is 4. The summed E-state index contributed by atoms with van der Waals surface area (Å²) in [6.07, 6.45) is -6.51. The normalized spacial score (nSPS) is 13.8. The summed E-state index contributed by atoms with van der Waals surface area (Å²) in [5, 5.41) is 9.66. The minimum Gasteiger partial charge on any atom is -0.388 e. The first-order valence-electron chi connectivity index (χ1n) is 4.99. The van der Waals surface area contributed by atoms with Gasteiger partial charge in [-0.25, -0.2) is 4.39 Å². The summed E-state index contributed by atoms with van der Waals surface area (Å²) < 4.78 is 49.1. The minimum absolute atomic E-state index is 0.0540. The Morgan fingerprint density at radius 2 is 1.94 bits per heavy atom. The maximum absolute atomic E-state index is 12.9. The number of alkyl halides is 3. The van der Waals surface area contributed by atoms with Gasteiger partial charge in [-0.05, 0) is 36.6 Å². The van der Waals surface area contributed by atoms with Crippen LogP contribution in [-0.2, 0) is 0 Å². The van der Waals surface area contributed by atoms with Crippen molar-refractivity contribution in [3.05, 3.63) is 34.1 Å². The molecule has 0 aliphatic carbocycles. The fourth-order valence-electron chi connectivity index (χ4n) is 1.42. The third-order valence-electron chi connectivity index (χ3n) is 2.25. The molecule has 1 unspecified atom stereocenters. The maximum Gasteiger partial charge on any atom is 0.389 e. The summed E-state index contributed by atoms with van der Waals surface area (Å²) in [4.78, 5) is 0. The number of hydrogen-bond acceptors (Lipinski definition) is 1. The van der Waals surface area contributed by atoms with Crippen molar-refractivity contribution in [2.24, 2.45) is 0 Å². The number of halogens is 5. The Labute approximate surface area is 105 Å². The monoisotopic (exact) mass is 314 g/mol. The van der Waals surface area contributed by atoms with E-state index in [2.05, 4.69) is 15.9 Å². The summed E-state index contributed by atoms with van der Waals surface area (Å²) in [5.74, 6) is -0.530. The number of aliphatic hydroxyl groups is 1. The van der Waals surface area contributed by atoms with Gasteiger partial charge in [-0.2, -0.15) is 13.2 Å². The number of aliphatic hydroxyl groups excluding tert-OH is 1. The SMILES string of the molecule is OC(CCCC(F)(F)F)c1cc(F)ccc1Br. The van der Waals surface area contributed by atoms with Gasteiger partial charge in [-0.15, -0.1) is 0 Å². The lowest BCUT2D eigenvalue weighted by atomic mass is 10.0. The van der Waals surface area contributed by atoms with Crippen LogP contribution in [0.1, 0.15) is 30.9 Å². The van der Waals surface area contributed by atoms with E-state index in [1.807, 2.05) is 0 Å². The van der Waals surface area contributed by atoms with Gasteiger partial charge in [-0.3, -0.25) is 0 Å². The van der Waals surface area contributed by atoms with Gasteiger partial charge in [0.1, 0.15) is 5.82 Å². The molecule has 0 aromatic heterocycles. The molecule has 0 aliphatic heterocycles. The van der Waals surface area contributed by atoms with Crippen molar-refractivity contribution in [3.8, 4) is 0 Å². The number of benzene rings is 1. The highest BCUT2D eigenvalue weighted by molar-refractivity contribution is 9.10. The molecule has 0 aliphatic rings. The topological polar surface area (TPSA) is 20.2 Å². The van der Waals surface area contributed by atoms with E-state index in [4.69, 9.17) is 0 Å². The number of hydrogen-bond donors (Lipinski definition) is 1. The van der Waals surface area contributed by atoms with Crippen molar-refractivity contribution >= 4 is 15.9 Å². The van der Waals surface area contributed by atoms with Crippen molar-refractivity contribution in [2.45, 2.75) is 31.5 Å². The van der Waals surface area contributed by atoms with Crippen LogP contribution in [0.2, 0.25) is 0 Å². The average molecular weight is 315 g/mol. The second-order valence-corrected chi connectivity index (χ2v) is 4.54. The Balaban J connectivity index is 2.58. The molecule has 0 radical (unpaired) electrons. The lowest BCUT2D eigenvalue weighted by Crippen LogP contribution is -2.08. The Kier molecular flexibility index (Phi) is 4.94. The van der Waals surface area contributed by atoms with Crippen LogP contribution in [0.3, 0.4) is 0 Å². The zero-order valence-corrected chi connectivity index (χ0v) is 10.4. The van der Waals surface area contributed by atoms with Gasteiger partial charge in [-0.1, -0.05) is 15.9 Å². The van der Waals surface area contributed by atoms with Crippen LogP contribution in [0, 0.1) is 5.82 Å². The van der Waals surface area contributed by atoms with Crippen molar-refractivity contribution < 1.29 is 22.7 Å². The molecule has 0 fully saturated rings. The molecule has 1 nitrogen and oxygen atoms in total. The molecule has 6 heteroatoms.